The zero-order valence-corrected chi connectivity index (χ0v) is 10.2. The summed E-state index contributed by atoms with van der Waals surface area (Å²) in [6.07, 6.45) is 3.73. The molecule has 1 unspecified atom stereocenters. The number of aromatic nitrogens is 1. The Morgan fingerprint density at radius 3 is 2.69 bits per heavy atom. The van der Waals surface area contributed by atoms with Crippen LogP contribution in [0.5, 0.6) is 0 Å². The second-order valence-electron chi connectivity index (χ2n) is 4.95. The minimum absolute atomic E-state index is 0.785. The SMILES string of the molecule is CC(CN(C)Cc1ccncc1)C1CNC1. The normalized spacial score (nSPS) is 18.4. The monoisotopic (exact) mass is 219 g/mol. The molecule has 0 radical (unpaired) electrons. The molecule has 1 saturated heterocycles. The van der Waals surface area contributed by atoms with Gasteiger partial charge < -0.3 is 10.2 Å². The molecule has 0 aromatic carbocycles. The first-order chi connectivity index (χ1) is 7.75. The molecule has 3 nitrogen and oxygen atoms in total. The summed E-state index contributed by atoms with van der Waals surface area (Å²) in [7, 11) is 2.20. The predicted octanol–water partition coefficient (Wildman–Crippen LogP) is 1.37. The Labute approximate surface area is 97.9 Å². The molecule has 1 N–H and O–H groups in total. The van der Waals surface area contributed by atoms with Crippen molar-refractivity contribution in [2.45, 2.75) is 13.5 Å². The van der Waals surface area contributed by atoms with Crippen molar-refractivity contribution >= 4 is 0 Å². The molecule has 1 aromatic heterocycles. The molecule has 2 heterocycles. The largest absolute Gasteiger partial charge is 0.316 e. The molecule has 1 aliphatic heterocycles. The van der Waals surface area contributed by atoms with E-state index in [1.807, 2.05) is 12.4 Å². The number of hydrogen-bond acceptors (Lipinski definition) is 3. The van der Waals surface area contributed by atoms with Crippen LogP contribution >= 0.6 is 0 Å². The van der Waals surface area contributed by atoms with Gasteiger partial charge in [0, 0.05) is 25.5 Å². The summed E-state index contributed by atoms with van der Waals surface area (Å²) in [5, 5.41) is 3.34. The van der Waals surface area contributed by atoms with Crippen LogP contribution in [0.3, 0.4) is 0 Å². The topological polar surface area (TPSA) is 28.2 Å². The smallest absolute Gasteiger partial charge is 0.0271 e. The van der Waals surface area contributed by atoms with Gasteiger partial charge >= 0.3 is 0 Å². The molecule has 0 amide bonds. The standard InChI is InChI=1S/C13H21N3/c1-11(13-7-15-8-13)9-16(2)10-12-3-5-14-6-4-12/h3-6,11,13,15H,7-10H2,1-2H3. The molecule has 3 heteroatoms. The fourth-order valence-electron chi connectivity index (χ4n) is 2.22. The van der Waals surface area contributed by atoms with Gasteiger partial charge in [-0.15, -0.1) is 0 Å². The molecule has 0 spiro atoms. The van der Waals surface area contributed by atoms with Gasteiger partial charge in [0.1, 0.15) is 0 Å². The summed E-state index contributed by atoms with van der Waals surface area (Å²) in [6, 6.07) is 4.18. The van der Waals surface area contributed by atoms with Crippen LogP contribution in [0.2, 0.25) is 0 Å². The first-order valence-corrected chi connectivity index (χ1v) is 6.04. The number of hydrogen-bond donors (Lipinski definition) is 1. The van der Waals surface area contributed by atoms with E-state index in [0.29, 0.717) is 0 Å². The van der Waals surface area contributed by atoms with Crippen LogP contribution in [-0.4, -0.2) is 36.6 Å². The van der Waals surface area contributed by atoms with E-state index in [4.69, 9.17) is 0 Å². The van der Waals surface area contributed by atoms with Gasteiger partial charge in [-0.25, -0.2) is 0 Å². The zero-order chi connectivity index (χ0) is 11.4. The number of pyridine rings is 1. The van der Waals surface area contributed by atoms with Gasteiger partial charge in [0.2, 0.25) is 0 Å². The second-order valence-corrected chi connectivity index (χ2v) is 4.95. The Kier molecular flexibility index (Phi) is 3.91. The molecule has 0 bridgehead atoms. The number of rotatable bonds is 5. The summed E-state index contributed by atoms with van der Waals surface area (Å²) in [6.45, 7) is 6.95. The molecule has 88 valence electrons. The average Bonchev–Trinajstić information content (AvgIpc) is 2.15. The molecule has 16 heavy (non-hydrogen) atoms. The third-order valence-electron chi connectivity index (χ3n) is 3.42. The minimum atomic E-state index is 0.785. The summed E-state index contributed by atoms with van der Waals surface area (Å²) in [5.74, 6) is 1.66. The lowest BCUT2D eigenvalue weighted by atomic mass is 9.88. The number of nitrogens with one attached hydrogen (secondary N) is 1. The molecule has 1 aliphatic rings. The van der Waals surface area contributed by atoms with E-state index in [9.17, 15) is 0 Å². The van der Waals surface area contributed by atoms with Crippen molar-refractivity contribution in [2.75, 3.05) is 26.7 Å². The summed E-state index contributed by atoms with van der Waals surface area (Å²) >= 11 is 0. The lowest BCUT2D eigenvalue weighted by Crippen LogP contribution is -2.47. The average molecular weight is 219 g/mol. The molecule has 1 atom stereocenters. The molecule has 0 aliphatic carbocycles. The third kappa shape index (κ3) is 3.03. The highest BCUT2D eigenvalue weighted by Gasteiger charge is 2.24. The second kappa shape index (κ2) is 5.41. The lowest BCUT2D eigenvalue weighted by Gasteiger charge is -2.34. The van der Waals surface area contributed by atoms with Gasteiger partial charge in [-0.3, -0.25) is 4.98 Å². The highest BCUT2D eigenvalue weighted by atomic mass is 15.1. The molecular weight excluding hydrogens is 198 g/mol. The Hall–Kier alpha value is -0.930. The lowest BCUT2D eigenvalue weighted by molar-refractivity contribution is 0.182. The van der Waals surface area contributed by atoms with E-state index in [1.165, 1.54) is 25.2 Å². The van der Waals surface area contributed by atoms with Crippen molar-refractivity contribution in [3.63, 3.8) is 0 Å². The van der Waals surface area contributed by atoms with Crippen LogP contribution in [0.1, 0.15) is 12.5 Å². The number of nitrogens with zero attached hydrogens (tertiary/aromatic N) is 2. The Balaban J connectivity index is 1.77. The van der Waals surface area contributed by atoms with E-state index in [-0.39, 0.29) is 0 Å². The third-order valence-corrected chi connectivity index (χ3v) is 3.42. The molecule has 0 saturated carbocycles. The van der Waals surface area contributed by atoms with Gasteiger partial charge in [-0.1, -0.05) is 6.92 Å². The van der Waals surface area contributed by atoms with Gasteiger partial charge in [0.25, 0.3) is 0 Å². The summed E-state index contributed by atoms with van der Waals surface area (Å²) < 4.78 is 0. The Morgan fingerprint density at radius 2 is 2.12 bits per heavy atom. The van der Waals surface area contributed by atoms with Crippen LogP contribution in [0, 0.1) is 11.8 Å². The van der Waals surface area contributed by atoms with Gasteiger partial charge in [-0.05, 0) is 49.7 Å². The zero-order valence-electron chi connectivity index (χ0n) is 10.2. The van der Waals surface area contributed by atoms with Crippen molar-refractivity contribution in [3.8, 4) is 0 Å². The fraction of sp³-hybridized carbons (Fsp3) is 0.615. The maximum absolute atomic E-state index is 4.04. The van der Waals surface area contributed by atoms with E-state index in [2.05, 4.69) is 41.3 Å². The highest BCUT2D eigenvalue weighted by Crippen LogP contribution is 2.17. The maximum Gasteiger partial charge on any atom is 0.0271 e. The quantitative estimate of drug-likeness (QED) is 0.810. The van der Waals surface area contributed by atoms with Crippen LogP contribution in [0.4, 0.5) is 0 Å². The predicted molar refractivity (Wildman–Crippen MR) is 66.1 cm³/mol. The van der Waals surface area contributed by atoms with Gasteiger partial charge in [0.05, 0.1) is 0 Å². The Morgan fingerprint density at radius 1 is 1.44 bits per heavy atom. The first-order valence-electron chi connectivity index (χ1n) is 6.04. The van der Waals surface area contributed by atoms with Gasteiger partial charge in [-0.2, -0.15) is 0 Å². The van der Waals surface area contributed by atoms with Crippen molar-refractivity contribution in [2.24, 2.45) is 11.8 Å². The Bertz CT molecular complexity index is 308. The molecular formula is C13H21N3. The first kappa shape index (κ1) is 11.6. The summed E-state index contributed by atoms with van der Waals surface area (Å²) in [5.41, 5.74) is 1.34. The molecule has 1 fully saturated rings. The minimum Gasteiger partial charge on any atom is -0.316 e. The molecule has 2 rings (SSSR count). The van der Waals surface area contributed by atoms with Crippen molar-refractivity contribution in [1.29, 1.82) is 0 Å². The van der Waals surface area contributed by atoms with E-state index in [1.54, 1.807) is 0 Å². The molecule has 1 aromatic rings. The van der Waals surface area contributed by atoms with E-state index >= 15 is 0 Å². The fourth-order valence-corrected chi connectivity index (χ4v) is 2.22. The maximum atomic E-state index is 4.04. The summed E-state index contributed by atoms with van der Waals surface area (Å²) in [4.78, 5) is 6.44. The van der Waals surface area contributed by atoms with Crippen molar-refractivity contribution in [3.05, 3.63) is 30.1 Å². The van der Waals surface area contributed by atoms with E-state index in [0.717, 1.165) is 18.4 Å². The van der Waals surface area contributed by atoms with Crippen LogP contribution in [0.25, 0.3) is 0 Å². The van der Waals surface area contributed by atoms with Crippen molar-refractivity contribution < 1.29 is 0 Å². The van der Waals surface area contributed by atoms with Crippen LogP contribution < -0.4 is 5.32 Å². The highest BCUT2D eigenvalue weighted by molar-refractivity contribution is 5.09. The van der Waals surface area contributed by atoms with Gasteiger partial charge in [0.15, 0.2) is 0 Å². The van der Waals surface area contributed by atoms with Crippen molar-refractivity contribution in [1.82, 2.24) is 15.2 Å². The van der Waals surface area contributed by atoms with Crippen LogP contribution in [0.15, 0.2) is 24.5 Å². The van der Waals surface area contributed by atoms with E-state index < -0.39 is 0 Å². The van der Waals surface area contributed by atoms with Crippen LogP contribution in [-0.2, 0) is 6.54 Å².